The fraction of sp³-hybridized carbons (Fsp3) is 0.984. The molecule has 0 aliphatic carbocycles. The molecule has 118 heavy (non-hydrogen) atoms. The number of hydrogen-bond donors (Lipinski definition) is 33. The largest absolute Gasteiger partial charge is 0.469 e. The van der Waals surface area contributed by atoms with E-state index in [2.05, 4.69) is 9.84 Å². The van der Waals surface area contributed by atoms with Crippen molar-refractivity contribution in [3.8, 4) is 0 Å². The number of amides is 1. The van der Waals surface area contributed by atoms with Gasteiger partial charge in [0.15, 0.2) is 62.9 Å². The highest BCUT2D eigenvalue weighted by Crippen LogP contribution is 2.42. The zero-order chi connectivity index (χ0) is 86.9. The van der Waals surface area contributed by atoms with E-state index in [9.17, 15) is 172 Å². The van der Waals surface area contributed by atoms with Crippen molar-refractivity contribution in [2.45, 2.75) is 314 Å². The Kier molecular flexibility index (Phi) is 34.8. The minimum absolute atomic E-state index is 0.897. The summed E-state index contributed by atoms with van der Waals surface area (Å²) < 4.78 is 127. The molecule has 10 saturated heterocycles. The van der Waals surface area contributed by atoms with Crippen LogP contribution >= 0.6 is 7.82 Å². The molecule has 10 rings (SSSR count). The first-order valence-corrected chi connectivity index (χ1v) is 38.5. The Bertz CT molecular complexity index is 3120. The number of hydrogen-bond acceptors (Lipinski definition) is 52. The van der Waals surface area contributed by atoms with Gasteiger partial charge >= 0.3 is 7.82 Å². The highest BCUT2D eigenvalue weighted by Gasteiger charge is 2.61. The first-order chi connectivity index (χ1) is 55.7. The molecule has 33 N–H and O–H groups in total. The zero-order valence-corrected chi connectivity index (χ0v) is 62.6. The molecule has 10 heterocycles. The number of ether oxygens (including phenoxy) is 19. The molecule has 0 aromatic rings. The predicted molar refractivity (Wildman–Crippen MR) is 352 cm³/mol. The van der Waals surface area contributed by atoms with Crippen LogP contribution in [0.1, 0.15) is 6.92 Å². The smallest absolute Gasteiger partial charge is 0.394 e. The van der Waals surface area contributed by atoms with Crippen molar-refractivity contribution in [3.63, 3.8) is 0 Å². The third-order valence-electron chi connectivity index (χ3n) is 21.5. The number of carbonyl (C=O) groups excluding carboxylic acids is 1. The third kappa shape index (κ3) is 21.4. The van der Waals surface area contributed by atoms with Gasteiger partial charge in [0.05, 0.1) is 66.1 Å². The minimum atomic E-state index is -5.35. The number of carbonyl (C=O) groups is 1. The average molecular weight is 1760 g/mol. The number of phosphoric acid groups is 1. The SMILES string of the molecule is CC(=O)N[C@H]1C(O)O[C@H](CO)[C@@H](O[C@@H]2O[C@H](CO[C@H]3O[C@H](CO[C@H]4O[C@H](CO)[C@@H](O)[C@H](O)[C@@H]4O[C@H]4O[C@H](COP(=O)(O)O)[C@@H](O)[C@H](O)[C@@H]4O)[C@@H](O)[C@H](O[C@H]4O[C@H](CO)[C@@H](O)[C@H](O)[C@@H]4O[C@H]4O[C@H](CO)[C@@H](O)[C@H](O)[C@@H]4O)[C@@H]3O)[C@@H](O)[C@H](O[C@H]3O[C@H](CO)[C@@H](O)[C@H](O)[C@@H]3O[C@H]3O[C@H](CO)[C@@H](O)[C@H](O)[C@@H]3O[C@H]3O[C@H](CO)[C@@H](O)[C@H](O)[C@@H]3O)[C@@H]2O)[C@@H]1O. The first kappa shape index (κ1) is 97.8. The molecule has 10 aliphatic rings. The summed E-state index contributed by atoms with van der Waals surface area (Å²) in [6.45, 7) is -10.8. The predicted octanol–water partition coefficient (Wildman–Crippen LogP) is -22.5. The minimum Gasteiger partial charge on any atom is -0.394 e. The van der Waals surface area contributed by atoms with E-state index < -0.39 is 387 Å². The quantitative estimate of drug-likeness (QED) is 0.0287. The molecule has 0 aromatic heterocycles. The van der Waals surface area contributed by atoms with Gasteiger partial charge in [-0.2, -0.15) is 0 Å². The van der Waals surface area contributed by atoms with Crippen LogP contribution in [0.25, 0.3) is 0 Å². The second kappa shape index (κ2) is 42.0. The van der Waals surface area contributed by atoms with Gasteiger partial charge in [0, 0.05) is 6.92 Å². The molecule has 0 radical (unpaired) electrons. The second-order valence-corrected chi connectivity index (χ2v) is 30.6. The Morgan fingerprint density at radius 3 is 0.864 bits per heavy atom. The number of phosphoric ester groups is 1. The lowest BCUT2D eigenvalue weighted by atomic mass is 9.94. The summed E-state index contributed by atoms with van der Waals surface area (Å²) in [6, 6.07) is -1.83. The van der Waals surface area contributed by atoms with E-state index in [-0.39, 0.29) is 0 Å². The Morgan fingerprint density at radius 2 is 0.517 bits per heavy atom. The number of aliphatic hydroxyl groups excluding tert-OH is 30. The summed E-state index contributed by atoms with van der Waals surface area (Å²) in [5.41, 5.74) is 0. The maximum Gasteiger partial charge on any atom is 0.469 e. The number of aliphatic hydroxyl groups is 30. The summed E-state index contributed by atoms with van der Waals surface area (Å²) in [5.74, 6) is -0.897. The van der Waals surface area contributed by atoms with Crippen LogP contribution in [0.4, 0.5) is 0 Å². The summed E-state index contributed by atoms with van der Waals surface area (Å²) in [5, 5.41) is 335. The summed E-state index contributed by atoms with van der Waals surface area (Å²) in [4.78, 5) is 31.1. The van der Waals surface area contributed by atoms with Crippen LogP contribution in [0.2, 0.25) is 0 Å². The highest BCUT2D eigenvalue weighted by atomic mass is 31.2. The van der Waals surface area contributed by atoms with Crippen molar-refractivity contribution in [2.75, 3.05) is 66.1 Å². The first-order valence-electron chi connectivity index (χ1n) is 36.9. The lowest BCUT2D eigenvalue weighted by Gasteiger charge is -2.50. The van der Waals surface area contributed by atoms with Crippen LogP contribution in [0.5, 0.6) is 0 Å². The van der Waals surface area contributed by atoms with Crippen molar-refractivity contribution >= 4 is 13.7 Å². The Hall–Kier alpha value is -2.38. The molecule has 50 atom stereocenters. The van der Waals surface area contributed by atoms with Crippen LogP contribution in [0, 0.1) is 0 Å². The van der Waals surface area contributed by atoms with Gasteiger partial charge in [-0.15, -0.1) is 0 Å². The summed E-state index contributed by atoms with van der Waals surface area (Å²) in [6.07, 6.45) is -109. The zero-order valence-electron chi connectivity index (χ0n) is 61.7. The van der Waals surface area contributed by atoms with E-state index in [1.54, 1.807) is 0 Å². The normalized spacial score (nSPS) is 51.3. The molecule has 10 fully saturated rings. The molecule has 10 aliphatic heterocycles. The van der Waals surface area contributed by atoms with E-state index in [1.807, 2.05) is 0 Å². The van der Waals surface area contributed by atoms with E-state index in [0.29, 0.717) is 0 Å². The molecule has 0 aromatic carbocycles. The van der Waals surface area contributed by atoms with E-state index in [1.165, 1.54) is 0 Å². The molecular formula is C62H106NO54P. The molecule has 0 spiro atoms. The molecule has 56 heteroatoms. The van der Waals surface area contributed by atoms with Crippen LogP contribution in [0.3, 0.4) is 0 Å². The molecule has 55 nitrogen and oxygen atoms in total. The van der Waals surface area contributed by atoms with Gasteiger partial charge in [0.1, 0.15) is 244 Å². The van der Waals surface area contributed by atoms with E-state index >= 15 is 0 Å². The molecule has 1 amide bonds. The Balaban J connectivity index is 1.00. The molecular weight excluding hydrogens is 1650 g/mol. The molecule has 0 saturated carbocycles. The van der Waals surface area contributed by atoms with Crippen molar-refractivity contribution in [3.05, 3.63) is 0 Å². The van der Waals surface area contributed by atoms with Crippen molar-refractivity contribution in [1.29, 1.82) is 0 Å². The highest BCUT2D eigenvalue weighted by molar-refractivity contribution is 7.46. The number of rotatable bonds is 31. The lowest BCUT2D eigenvalue weighted by molar-refractivity contribution is -0.408. The van der Waals surface area contributed by atoms with Gasteiger partial charge in [-0.05, 0) is 0 Å². The van der Waals surface area contributed by atoms with Gasteiger partial charge in [0.2, 0.25) is 5.91 Å². The van der Waals surface area contributed by atoms with Gasteiger partial charge in [-0.1, -0.05) is 0 Å². The van der Waals surface area contributed by atoms with E-state index in [0.717, 1.165) is 6.92 Å². The second-order valence-electron chi connectivity index (χ2n) is 29.4. The molecule has 688 valence electrons. The van der Waals surface area contributed by atoms with Gasteiger partial charge in [-0.3, -0.25) is 9.32 Å². The monoisotopic (exact) mass is 1760 g/mol. The van der Waals surface area contributed by atoms with Crippen LogP contribution < -0.4 is 5.32 Å². The topological polar surface area (TPSA) is 878 Å². The fourth-order valence-corrected chi connectivity index (χ4v) is 15.1. The molecule has 1 unspecified atom stereocenters. The van der Waals surface area contributed by atoms with E-state index in [4.69, 9.17) is 90.0 Å². The van der Waals surface area contributed by atoms with Crippen LogP contribution in [-0.4, -0.2) is 542 Å². The Morgan fingerprint density at radius 1 is 0.263 bits per heavy atom. The fourth-order valence-electron chi connectivity index (χ4n) is 14.7. The summed E-state index contributed by atoms with van der Waals surface area (Å²) in [7, 11) is -5.35. The van der Waals surface area contributed by atoms with Crippen molar-refractivity contribution < 1.29 is 267 Å². The molecule has 0 bridgehead atoms. The van der Waals surface area contributed by atoms with Gasteiger partial charge in [-0.25, -0.2) is 4.57 Å². The maximum atomic E-state index is 12.6. The number of nitrogens with one attached hydrogen (secondary N) is 1. The van der Waals surface area contributed by atoms with Crippen molar-refractivity contribution in [2.24, 2.45) is 0 Å². The average Bonchev–Trinajstić information content (AvgIpc) is 0.768. The van der Waals surface area contributed by atoms with Gasteiger partial charge < -0.3 is 258 Å². The Labute approximate surface area is 664 Å². The lowest BCUT2D eigenvalue weighted by Crippen LogP contribution is -2.69. The maximum absolute atomic E-state index is 12.6. The van der Waals surface area contributed by atoms with Crippen LogP contribution in [-0.2, 0) is 104 Å². The van der Waals surface area contributed by atoms with Crippen molar-refractivity contribution in [1.82, 2.24) is 5.32 Å². The standard InChI is InChI=1S/C62H106NO54P/c1-12(71)63-23-33(81)46(19(8-70)101-53(23)94)111-58-45(93)48(113-61-52(40(88)29(77)17(6-68)106-61)117-62-51(39(87)28(76)18(7-69)107-62)116-56-42(90)35(83)25(73)14(3-65)103-56)32(80)21(109-58)9-98-54-44(92)47(112-60-50(38(86)27(75)16(5-67)105-60)115-55-41(89)34(82)24(72)13(2-64)102-55)31(79)20(108-54)10-99-59-49(37(85)26(74)15(4-66)104-59)114-57-43(91)36(84)30(78)22(110-57)11-100-118(95,96)97/h13-62,64-70,72-94H,2-11H2,1H3,(H,63,71)(H2,95,96,97)/t13-,14-,15-,16-,17-,18-,19-,20-,21-,22-,23-,24-,25-,26-,27-,28-,29-,30-,31-,32-,33-,34+,35+,36+,37+,38+,39+,40+,41+,42+,43+,44+,45+,46-,47+,48+,49+,50+,51+,52+,53?,54+,55-,56-,57-,58+,59+,60-,61-,62-/m1/s1. The van der Waals surface area contributed by atoms with Gasteiger partial charge in [0.25, 0.3) is 0 Å². The summed E-state index contributed by atoms with van der Waals surface area (Å²) >= 11 is 0. The third-order valence-corrected chi connectivity index (χ3v) is 22.0. The van der Waals surface area contributed by atoms with Crippen LogP contribution in [0.15, 0.2) is 0 Å².